The second-order valence-electron chi connectivity index (χ2n) is 17.8. The van der Waals surface area contributed by atoms with Gasteiger partial charge >= 0.3 is 41.8 Å². The summed E-state index contributed by atoms with van der Waals surface area (Å²) in [5.74, 6) is -17.0. The Hall–Kier alpha value is -9.12. The molecule has 0 amide bonds. The van der Waals surface area contributed by atoms with Crippen molar-refractivity contribution < 1.29 is 124 Å². The number of rotatable bonds is 16. The van der Waals surface area contributed by atoms with E-state index in [1.165, 1.54) is 13.0 Å². The van der Waals surface area contributed by atoms with E-state index in [1.807, 2.05) is 0 Å². The van der Waals surface area contributed by atoms with Crippen LogP contribution in [0.4, 0.5) is 57.1 Å². The number of alkyl halides is 9. The van der Waals surface area contributed by atoms with Crippen LogP contribution >= 0.6 is 0 Å². The number of nitrogens with one attached hydrogen (secondary N) is 3. The van der Waals surface area contributed by atoms with Crippen LogP contribution in [0.2, 0.25) is 0 Å². The first-order valence-corrected chi connectivity index (χ1v) is 24.5. The summed E-state index contributed by atoms with van der Waals surface area (Å²) >= 11 is 0. The number of carbonyl (C=O) groups is 7. The van der Waals surface area contributed by atoms with Crippen molar-refractivity contribution in [2.75, 3.05) is 67.8 Å². The maximum Gasteiger partial charge on any atom is 0.337 e. The molecule has 85 heavy (non-hydrogen) atoms. The molecule has 3 atom stereocenters. The normalized spacial score (nSPS) is 18.1. The number of hydrogen-bond acceptors (Lipinski definition) is 17. The van der Waals surface area contributed by atoms with Crippen LogP contribution < -0.4 is 16.0 Å². The number of halogens is 13. The molecule has 3 aromatic carbocycles. The van der Waals surface area contributed by atoms with E-state index < -0.39 is 179 Å². The topological polar surface area (TPSA) is 220 Å². The van der Waals surface area contributed by atoms with E-state index in [-0.39, 0.29) is 76.7 Å². The SMILES string of the molecule is CCOC(=O)C1=C(COC(C)=O)NC(CF)=C(C(=O)OC)C1c1cccc(F)c1C(F)F.COC(=O)C1=C(CF)NC2=C(C(=O)OC2)[C@@H]1c1cc(F)cc(F)c1C(F)F.COC(=O)C1=C(CF)NC2=C(C(=O)OC2)[C@H]1c1cccc(F)c1C(F)F. The van der Waals surface area contributed by atoms with Gasteiger partial charge in [0, 0.05) is 13.0 Å². The van der Waals surface area contributed by atoms with Crippen LogP contribution in [0.5, 0.6) is 0 Å². The molecule has 3 N–H and O–H groups in total. The van der Waals surface area contributed by atoms with E-state index in [0.29, 0.717) is 6.07 Å². The van der Waals surface area contributed by atoms with Crippen LogP contribution in [0.25, 0.3) is 0 Å². The zero-order valence-electron chi connectivity index (χ0n) is 44.7. The van der Waals surface area contributed by atoms with E-state index in [1.54, 1.807) is 0 Å². The molecule has 0 saturated carbocycles. The molecule has 0 fully saturated rings. The van der Waals surface area contributed by atoms with E-state index in [9.17, 15) is 90.6 Å². The highest BCUT2D eigenvalue weighted by molar-refractivity contribution is 6.03. The van der Waals surface area contributed by atoms with Gasteiger partial charge in [0.25, 0.3) is 19.3 Å². The summed E-state index contributed by atoms with van der Waals surface area (Å²) in [6, 6.07) is 6.99. The Morgan fingerprint density at radius 2 is 0.918 bits per heavy atom. The monoisotopic (exact) mass is 1220 g/mol. The average molecular weight is 1220 g/mol. The third kappa shape index (κ3) is 13.3. The van der Waals surface area contributed by atoms with Crippen LogP contribution in [0.3, 0.4) is 0 Å². The molecule has 0 spiro atoms. The number of dihydropyridines is 3. The van der Waals surface area contributed by atoms with Crippen LogP contribution in [0.15, 0.2) is 116 Å². The second kappa shape index (κ2) is 28.0. The van der Waals surface area contributed by atoms with E-state index in [4.69, 9.17) is 18.9 Å². The molecule has 0 bridgehead atoms. The maximum absolute atomic E-state index is 14.4. The molecule has 0 aromatic heterocycles. The summed E-state index contributed by atoms with van der Waals surface area (Å²) in [6.07, 6.45) is -9.92. The smallest absolute Gasteiger partial charge is 0.337 e. The van der Waals surface area contributed by atoms with Crippen LogP contribution in [0, 0.1) is 23.3 Å². The van der Waals surface area contributed by atoms with Crippen LogP contribution in [-0.2, 0) is 66.7 Å². The van der Waals surface area contributed by atoms with Crippen molar-refractivity contribution in [1.82, 2.24) is 16.0 Å². The van der Waals surface area contributed by atoms with Gasteiger partial charge in [0.05, 0.1) is 130 Å². The number of carbonyl (C=O) groups excluding carboxylic acids is 7. The van der Waals surface area contributed by atoms with Crippen LogP contribution in [-0.4, -0.2) is 110 Å². The molecule has 1 unspecified atom stereocenters. The molecule has 5 heterocycles. The standard InChI is InChI=1S/C21H21F4NO6.C17H12F5NO4.C17H13F4NO4/c1-4-31-21(29)18-14(9-32-10(2)27)26-13(8-22)17(20(28)30-3)16(18)11-6-5-7-12(23)15(11)19(24)25;1-26-16(24)13-9(4-18)23-10-5-27-17(25)14(10)12(13)7-2-6(19)3-8(20)11(7)15(21)22;1-25-16(23)13-9(5-18)22-10-6-26-17(24)14(10)12(13)7-3-2-4-8(19)11(7)15(20)21/h5-7,16,19,26H,4,8-9H2,1-3H3;2-3,12,15,23H,4-5H2,1H3;2-4,12,15,22H,5-6H2,1H3/t;2*12-/m.10/s1. The lowest BCUT2D eigenvalue weighted by Gasteiger charge is -2.32. The van der Waals surface area contributed by atoms with Crippen molar-refractivity contribution in [3.63, 3.8) is 0 Å². The molecule has 5 aliphatic rings. The predicted octanol–water partition coefficient (Wildman–Crippen LogP) is 8.68. The molecular formula is C55H46F13N3O14. The van der Waals surface area contributed by atoms with Crippen molar-refractivity contribution in [2.24, 2.45) is 0 Å². The summed E-state index contributed by atoms with van der Waals surface area (Å²) < 4.78 is 212. The lowest BCUT2D eigenvalue weighted by atomic mass is 9.78. The first kappa shape index (κ1) is 65.0. The van der Waals surface area contributed by atoms with E-state index in [2.05, 4.69) is 30.2 Å². The van der Waals surface area contributed by atoms with Gasteiger partial charge in [0.15, 0.2) is 0 Å². The van der Waals surface area contributed by atoms with Gasteiger partial charge in [-0.15, -0.1) is 0 Å². The summed E-state index contributed by atoms with van der Waals surface area (Å²) in [4.78, 5) is 85.4. The van der Waals surface area contributed by atoms with E-state index in [0.717, 1.165) is 58.6 Å². The van der Waals surface area contributed by atoms with Crippen molar-refractivity contribution in [1.29, 1.82) is 0 Å². The number of esters is 7. The first-order valence-electron chi connectivity index (χ1n) is 24.5. The van der Waals surface area contributed by atoms with Crippen molar-refractivity contribution in [3.05, 3.63) is 173 Å². The van der Waals surface area contributed by atoms with Gasteiger partial charge in [-0.05, 0) is 41.8 Å². The fourth-order valence-corrected chi connectivity index (χ4v) is 9.75. The lowest BCUT2D eigenvalue weighted by Crippen LogP contribution is -2.36. The van der Waals surface area contributed by atoms with Crippen LogP contribution in [0.1, 0.15) is 84.3 Å². The fourth-order valence-electron chi connectivity index (χ4n) is 9.75. The minimum atomic E-state index is -3.38. The number of methoxy groups -OCH3 is 3. The molecule has 3 aromatic rings. The Balaban J connectivity index is 0.000000205. The van der Waals surface area contributed by atoms with Gasteiger partial charge in [0.2, 0.25) is 0 Å². The molecule has 456 valence electrons. The van der Waals surface area contributed by atoms with Gasteiger partial charge in [0.1, 0.15) is 63.1 Å². The molecule has 0 saturated heterocycles. The Bertz CT molecular complexity index is 3410. The molecular weight excluding hydrogens is 1170 g/mol. The number of allylic oxidation sites excluding steroid dienone is 3. The van der Waals surface area contributed by atoms with Gasteiger partial charge in [-0.1, -0.05) is 24.3 Å². The highest BCUT2D eigenvalue weighted by Crippen LogP contribution is 2.48. The fraction of sp³-hybridized carbons (Fsp3) is 0.327. The average Bonchev–Trinajstić information content (AvgIpc) is 1.90. The summed E-state index contributed by atoms with van der Waals surface area (Å²) in [7, 11) is 2.96. The lowest BCUT2D eigenvalue weighted by molar-refractivity contribution is -0.142. The minimum absolute atomic E-state index is 0.0233. The number of ether oxygens (including phenoxy) is 7. The largest absolute Gasteiger partial charge is 0.466 e. The van der Waals surface area contributed by atoms with Crippen molar-refractivity contribution >= 4 is 41.8 Å². The number of cyclic esters (lactones) is 2. The zero-order chi connectivity index (χ0) is 62.9. The second-order valence-corrected chi connectivity index (χ2v) is 17.8. The number of benzene rings is 3. The highest BCUT2D eigenvalue weighted by atomic mass is 19.3. The third-order valence-electron chi connectivity index (χ3n) is 13.1. The van der Waals surface area contributed by atoms with Gasteiger partial charge < -0.3 is 49.1 Å². The molecule has 5 aliphatic heterocycles. The quantitative estimate of drug-likeness (QED) is 0.0694. The molecule has 30 heteroatoms. The van der Waals surface area contributed by atoms with E-state index >= 15 is 0 Å². The molecule has 0 radical (unpaired) electrons. The minimum Gasteiger partial charge on any atom is -0.466 e. The molecule has 17 nitrogen and oxygen atoms in total. The Morgan fingerprint density at radius 3 is 1.32 bits per heavy atom. The summed E-state index contributed by atoms with van der Waals surface area (Å²) in [6.45, 7) is -2.40. The zero-order valence-corrected chi connectivity index (χ0v) is 44.7. The Kier molecular flexibility index (Phi) is 21.4. The van der Waals surface area contributed by atoms with Gasteiger partial charge in [-0.2, -0.15) is 0 Å². The predicted molar refractivity (Wildman–Crippen MR) is 263 cm³/mol. The Labute approximate surface area is 472 Å². The number of hydrogen-bond donors (Lipinski definition) is 3. The Morgan fingerprint density at radius 1 is 0.529 bits per heavy atom. The van der Waals surface area contributed by atoms with Gasteiger partial charge in [-0.3, -0.25) is 4.79 Å². The molecule has 8 rings (SSSR count). The summed E-state index contributed by atoms with van der Waals surface area (Å²) in [5.41, 5.74) is -8.06. The maximum atomic E-state index is 14.4. The highest BCUT2D eigenvalue weighted by Gasteiger charge is 2.47. The van der Waals surface area contributed by atoms with Crippen molar-refractivity contribution in [3.8, 4) is 0 Å². The van der Waals surface area contributed by atoms with Crippen molar-refractivity contribution in [2.45, 2.75) is 50.9 Å². The summed E-state index contributed by atoms with van der Waals surface area (Å²) in [5, 5.41) is 7.58. The van der Waals surface area contributed by atoms with Gasteiger partial charge in [-0.25, -0.2) is 85.8 Å². The molecule has 0 aliphatic carbocycles. The third-order valence-corrected chi connectivity index (χ3v) is 13.1. The first-order chi connectivity index (χ1) is 40.4.